The quantitative estimate of drug-likeness (QED) is 0.693. The van der Waals surface area contributed by atoms with Crippen LogP contribution < -0.4 is 16.2 Å². The zero-order valence-corrected chi connectivity index (χ0v) is 14.9. The zero-order chi connectivity index (χ0) is 18.0. The van der Waals surface area contributed by atoms with Gasteiger partial charge in [-0.05, 0) is 36.0 Å². The summed E-state index contributed by atoms with van der Waals surface area (Å²) in [6.45, 7) is 6.95. The molecule has 0 fully saturated rings. The number of benzene rings is 2. The van der Waals surface area contributed by atoms with Crippen LogP contribution in [-0.4, -0.2) is 6.54 Å². The van der Waals surface area contributed by atoms with Gasteiger partial charge < -0.3 is 5.32 Å². The summed E-state index contributed by atoms with van der Waals surface area (Å²) < 4.78 is 0. The largest absolute Gasteiger partial charge is 0.381 e. The van der Waals surface area contributed by atoms with Crippen LogP contribution in [0.2, 0.25) is 0 Å². The van der Waals surface area contributed by atoms with E-state index in [0.29, 0.717) is 23.7 Å². The number of nitrogens with one attached hydrogen (secondary N) is 1. The Kier molecular flexibility index (Phi) is 4.84. The van der Waals surface area contributed by atoms with Crippen molar-refractivity contribution in [3.8, 4) is 11.1 Å². The predicted molar refractivity (Wildman–Crippen MR) is 104 cm³/mol. The molecule has 3 rings (SSSR count). The summed E-state index contributed by atoms with van der Waals surface area (Å²) in [6, 6.07) is 16.2. The van der Waals surface area contributed by atoms with Gasteiger partial charge in [0.05, 0.1) is 11.3 Å². The van der Waals surface area contributed by atoms with Crippen molar-refractivity contribution in [1.29, 1.82) is 0 Å². The second-order valence-corrected chi connectivity index (χ2v) is 6.85. The van der Waals surface area contributed by atoms with Gasteiger partial charge in [-0.25, -0.2) is 0 Å². The van der Waals surface area contributed by atoms with Crippen molar-refractivity contribution in [3.63, 3.8) is 0 Å². The number of aryl methyl sites for hydroxylation is 1. The molecule has 0 bridgehead atoms. The summed E-state index contributed by atoms with van der Waals surface area (Å²) in [4.78, 5) is 24.0. The molecule has 0 aliphatic rings. The molecule has 3 nitrogen and oxygen atoms in total. The minimum absolute atomic E-state index is 0.393. The summed E-state index contributed by atoms with van der Waals surface area (Å²) in [5.74, 6) is 0.439. The Morgan fingerprint density at radius 1 is 0.960 bits per heavy atom. The maximum Gasteiger partial charge on any atom is 0.250 e. The molecule has 0 saturated carbocycles. The molecule has 1 N–H and O–H groups in total. The molecule has 3 aromatic rings. The lowest BCUT2D eigenvalue weighted by atomic mass is 9.95. The third kappa shape index (κ3) is 3.55. The average molecular weight is 333 g/mol. The Labute approximate surface area is 148 Å². The lowest BCUT2D eigenvalue weighted by Crippen LogP contribution is -2.36. The molecule has 0 saturated heterocycles. The van der Waals surface area contributed by atoms with Gasteiger partial charge in [0, 0.05) is 6.54 Å². The van der Waals surface area contributed by atoms with Crippen molar-refractivity contribution in [2.24, 2.45) is 0 Å². The van der Waals surface area contributed by atoms with Gasteiger partial charge in [0.15, 0.2) is 0 Å². The van der Waals surface area contributed by atoms with Gasteiger partial charge in [-0.3, -0.25) is 9.59 Å². The van der Waals surface area contributed by atoms with E-state index in [2.05, 4.69) is 44.3 Å². The second kappa shape index (κ2) is 7.06. The van der Waals surface area contributed by atoms with Crippen LogP contribution in [0.1, 0.15) is 36.5 Å². The van der Waals surface area contributed by atoms with E-state index in [9.17, 15) is 9.59 Å². The van der Waals surface area contributed by atoms with Gasteiger partial charge in [0.25, 0.3) is 0 Å². The Hall–Kier alpha value is -2.68. The molecule has 0 amide bonds. The van der Waals surface area contributed by atoms with Crippen molar-refractivity contribution in [1.82, 2.24) is 0 Å². The Morgan fingerprint density at radius 3 is 2.32 bits per heavy atom. The molecule has 0 aliphatic carbocycles. The first-order valence-corrected chi connectivity index (χ1v) is 8.70. The van der Waals surface area contributed by atoms with Crippen molar-refractivity contribution in [3.05, 3.63) is 85.7 Å². The molecule has 0 spiro atoms. The highest BCUT2D eigenvalue weighted by atomic mass is 16.2. The summed E-state index contributed by atoms with van der Waals surface area (Å²) >= 11 is 0. The number of hydrogen-bond donors (Lipinski definition) is 1. The number of rotatable bonds is 6. The van der Waals surface area contributed by atoms with Crippen molar-refractivity contribution in [2.75, 3.05) is 11.9 Å². The highest BCUT2D eigenvalue weighted by molar-refractivity contribution is 5.81. The third-order valence-corrected chi connectivity index (χ3v) is 4.57. The smallest absolute Gasteiger partial charge is 0.250 e. The normalized spacial score (nSPS) is 11.2. The molecule has 0 heterocycles. The summed E-state index contributed by atoms with van der Waals surface area (Å²) in [5, 5.41) is 3.16. The van der Waals surface area contributed by atoms with Crippen molar-refractivity contribution in [2.45, 2.75) is 33.1 Å². The topological polar surface area (TPSA) is 46.2 Å². The summed E-state index contributed by atoms with van der Waals surface area (Å²) in [6.07, 6.45) is 0.812. The molecular formula is C22H23NO2. The Bertz CT molecular complexity index is 945. The lowest BCUT2D eigenvalue weighted by molar-refractivity contribution is 0.867. The number of hydrogen-bond acceptors (Lipinski definition) is 3. The first kappa shape index (κ1) is 17.2. The third-order valence-electron chi connectivity index (χ3n) is 4.57. The van der Waals surface area contributed by atoms with E-state index in [1.165, 1.54) is 16.7 Å². The van der Waals surface area contributed by atoms with Gasteiger partial charge in [-0.2, -0.15) is 0 Å². The molecule has 0 radical (unpaired) electrons. The predicted octanol–water partition coefficient (Wildman–Crippen LogP) is 4.04. The van der Waals surface area contributed by atoms with Gasteiger partial charge in [0.2, 0.25) is 10.9 Å². The molecule has 0 aromatic heterocycles. The first-order valence-electron chi connectivity index (χ1n) is 8.70. The number of anilines is 1. The van der Waals surface area contributed by atoms with Crippen molar-refractivity contribution >= 4 is 5.69 Å². The lowest BCUT2D eigenvalue weighted by Gasteiger charge is -2.14. The van der Waals surface area contributed by atoms with Crippen LogP contribution in [0.5, 0.6) is 0 Å². The van der Waals surface area contributed by atoms with Gasteiger partial charge in [-0.1, -0.05) is 67.9 Å². The minimum atomic E-state index is -0.410. The van der Waals surface area contributed by atoms with Crippen LogP contribution in [0.25, 0.3) is 11.1 Å². The standard InChI is InChI=1S/C22H23NO2/c1-14(2)17-7-9-18(10-8-17)19-20(22(25)21(19)24)23-12-11-16-6-4-5-15(3)13-16/h4-10,13-14,23H,11-12H2,1-3H3. The van der Waals surface area contributed by atoms with Gasteiger partial charge >= 0.3 is 0 Å². The molecule has 0 atom stereocenters. The fourth-order valence-electron chi connectivity index (χ4n) is 3.07. The fourth-order valence-corrected chi connectivity index (χ4v) is 3.07. The van der Waals surface area contributed by atoms with Crippen LogP contribution in [0.4, 0.5) is 5.69 Å². The van der Waals surface area contributed by atoms with E-state index < -0.39 is 10.9 Å². The van der Waals surface area contributed by atoms with E-state index in [-0.39, 0.29) is 0 Å². The highest BCUT2D eigenvalue weighted by Crippen LogP contribution is 2.25. The highest BCUT2D eigenvalue weighted by Gasteiger charge is 2.21. The van der Waals surface area contributed by atoms with E-state index in [4.69, 9.17) is 0 Å². The van der Waals surface area contributed by atoms with Crippen LogP contribution >= 0.6 is 0 Å². The first-order chi connectivity index (χ1) is 12.0. The molecule has 3 heteroatoms. The van der Waals surface area contributed by atoms with Gasteiger partial charge in [-0.15, -0.1) is 0 Å². The van der Waals surface area contributed by atoms with E-state index in [0.717, 1.165) is 12.0 Å². The Morgan fingerprint density at radius 2 is 1.68 bits per heavy atom. The van der Waals surface area contributed by atoms with E-state index >= 15 is 0 Å². The monoisotopic (exact) mass is 333 g/mol. The van der Waals surface area contributed by atoms with Gasteiger partial charge in [0.1, 0.15) is 0 Å². The van der Waals surface area contributed by atoms with E-state index in [1.54, 1.807) is 0 Å². The average Bonchev–Trinajstić information content (AvgIpc) is 2.61. The maximum atomic E-state index is 12.0. The summed E-state index contributed by atoms with van der Waals surface area (Å²) in [7, 11) is 0. The molecule has 128 valence electrons. The second-order valence-electron chi connectivity index (χ2n) is 6.85. The van der Waals surface area contributed by atoms with Crippen LogP contribution in [-0.2, 0) is 6.42 Å². The van der Waals surface area contributed by atoms with Crippen molar-refractivity contribution < 1.29 is 0 Å². The minimum Gasteiger partial charge on any atom is -0.381 e. The zero-order valence-electron chi connectivity index (χ0n) is 14.9. The maximum absolute atomic E-state index is 12.0. The fraction of sp³-hybridized carbons (Fsp3) is 0.273. The van der Waals surface area contributed by atoms with E-state index in [1.807, 2.05) is 30.3 Å². The van der Waals surface area contributed by atoms with Crippen LogP contribution in [0.15, 0.2) is 58.1 Å². The Balaban J connectivity index is 1.74. The van der Waals surface area contributed by atoms with Crippen LogP contribution in [0, 0.1) is 6.92 Å². The molecule has 25 heavy (non-hydrogen) atoms. The summed E-state index contributed by atoms with van der Waals surface area (Å²) in [5.41, 5.74) is 4.64. The molecule has 0 aliphatic heterocycles. The molecule has 0 unspecified atom stereocenters. The van der Waals surface area contributed by atoms with Crippen LogP contribution in [0.3, 0.4) is 0 Å². The molecule has 3 aromatic carbocycles. The SMILES string of the molecule is Cc1cccc(CCNc2c(-c3ccc(C(C)C)cc3)c(=O)c2=O)c1. The molecular weight excluding hydrogens is 310 g/mol.